The van der Waals surface area contributed by atoms with Crippen molar-refractivity contribution in [2.75, 3.05) is 6.61 Å². The van der Waals surface area contributed by atoms with Crippen LogP contribution in [-0.4, -0.2) is 21.3 Å². The smallest absolute Gasteiger partial charge is 0.0955 e. The lowest BCUT2D eigenvalue weighted by molar-refractivity contribution is 0.268. The van der Waals surface area contributed by atoms with Gasteiger partial charge in [-0.05, 0) is 33.6 Å². The number of hydrogen-bond acceptors (Lipinski definition) is 3. The van der Waals surface area contributed by atoms with Crippen LogP contribution < -0.4 is 5.73 Å². The van der Waals surface area contributed by atoms with Crippen LogP contribution in [0.3, 0.4) is 0 Å². The van der Waals surface area contributed by atoms with Crippen molar-refractivity contribution in [3.05, 3.63) is 28.5 Å². The quantitative estimate of drug-likeness (QED) is 0.865. The molecule has 1 atom stereocenters. The van der Waals surface area contributed by atoms with Gasteiger partial charge in [-0.15, -0.1) is 0 Å². The van der Waals surface area contributed by atoms with E-state index >= 15 is 0 Å². The Hall–Kier alpha value is -0.910. The Morgan fingerprint density at radius 3 is 3.00 bits per heavy atom. The molecule has 2 rings (SSSR count). The number of nitrogens with two attached hydrogens (primary N) is 1. The average Bonchev–Trinajstić information content (AvgIpc) is 2.59. The number of aryl methyl sites for hydroxylation is 1. The fourth-order valence-corrected chi connectivity index (χ4v) is 2.33. The summed E-state index contributed by atoms with van der Waals surface area (Å²) in [5, 5.41) is 8.99. The van der Waals surface area contributed by atoms with Crippen LogP contribution in [0.2, 0.25) is 0 Å². The summed E-state index contributed by atoms with van der Waals surface area (Å²) in [4.78, 5) is 4.25. The summed E-state index contributed by atoms with van der Waals surface area (Å²) in [7, 11) is 1.94. The molecule has 0 bridgehead atoms. The molecular formula is C10H12BrN3O. The van der Waals surface area contributed by atoms with E-state index in [2.05, 4.69) is 20.9 Å². The second-order valence-corrected chi connectivity index (χ2v) is 4.37. The van der Waals surface area contributed by atoms with Crippen LogP contribution >= 0.6 is 15.9 Å². The first-order valence-electron chi connectivity index (χ1n) is 4.60. The lowest BCUT2D eigenvalue weighted by atomic mass is 10.1. The number of nitrogens with zero attached hydrogens (tertiary/aromatic N) is 2. The number of aliphatic hydroxyl groups is 1. The number of fused-ring (bicyclic) bond motifs is 1. The summed E-state index contributed by atoms with van der Waals surface area (Å²) in [6, 6.07) is 3.47. The van der Waals surface area contributed by atoms with Crippen LogP contribution in [-0.2, 0) is 7.05 Å². The van der Waals surface area contributed by atoms with Crippen LogP contribution in [0.5, 0.6) is 0 Å². The first-order chi connectivity index (χ1) is 7.13. The standard InChI is InChI=1S/C10H12BrN3O/c1-14-5-13-9-3-6(8(12)4-15)2-7(11)10(9)14/h2-3,5,8,15H,4,12H2,1H3. The topological polar surface area (TPSA) is 64.1 Å². The molecule has 0 aliphatic heterocycles. The van der Waals surface area contributed by atoms with Gasteiger partial charge in [-0.25, -0.2) is 4.98 Å². The molecule has 80 valence electrons. The summed E-state index contributed by atoms with van der Waals surface area (Å²) in [5.74, 6) is 0. The molecule has 0 fully saturated rings. The number of rotatable bonds is 2. The van der Waals surface area contributed by atoms with E-state index in [4.69, 9.17) is 10.8 Å². The Bertz CT molecular complexity index is 495. The monoisotopic (exact) mass is 269 g/mol. The minimum atomic E-state index is -0.354. The van der Waals surface area contributed by atoms with E-state index in [-0.39, 0.29) is 12.6 Å². The van der Waals surface area contributed by atoms with Gasteiger partial charge < -0.3 is 15.4 Å². The molecule has 0 aliphatic rings. The largest absolute Gasteiger partial charge is 0.394 e. The minimum Gasteiger partial charge on any atom is -0.394 e. The van der Waals surface area contributed by atoms with E-state index in [0.29, 0.717) is 0 Å². The highest BCUT2D eigenvalue weighted by Gasteiger charge is 2.10. The minimum absolute atomic E-state index is 0.0647. The van der Waals surface area contributed by atoms with Gasteiger partial charge in [0.25, 0.3) is 0 Å². The SMILES string of the molecule is Cn1cnc2cc(C(N)CO)cc(Br)c21. The molecule has 0 radical (unpaired) electrons. The molecule has 1 aromatic carbocycles. The van der Waals surface area contributed by atoms with E-state index < -0.39 is 0 Å². The van der Waals surface area contributed by atoms with Crippen molar-refractivity contribution in [3.8, 4) is 0 Å². The number of benzene rings is 1. The molecule has 3 N–H and O–H groups in total. The molecule has 0 saturated heterocycles. The second-order valence-electron chi connectivity index (χ2n) is 3.52. The van der Waals surface area contributed by atoms with E-state index in [0.717, 1.165) is 21.1 Å². The number of aliphatic hydroxyl groups excluding tert-OH is 1. The van der Waals surface area contributed by atoms with E-state index in [1.54, 1.807) is 6.33 Å². The maximum atomic E-state index is 8.99. The van der Waals surface area contributed by atoms with Gasteiger partial charge in [0.1, 0.15) is 0 Å². The van der Waals surface area contributed by atoms with Crippen molar-refractivity contribution in [3.63, 3.8) is 0 Å². The molecule has 0 amide bonds. The lowest BCUT2D eigenvalue weighted by Gasteiger charge is -2.09. The normalized spacial score (nSPS) is 13.3. The molecule has 1 unspecified atom stereocenters. The molecule has 0 saturated carbocycles. The van der Waals surface area contributed by atoms with Crippen LogP contribution in [0.15, 0.2) is 22.9 Å². The molecule has 0 spiro atoms. The molecule has 0 aliphatic carbocycles. The highest BCUT2D eigenvalue weighted by atomic mass is 79.9. The summed E-state index contributed by atoms with van der Waals surface area (Å²) in [5.41, 5.74) is 8.55. The Morgan fingerprint density at radius 2 is 2.33 bits per heavy atom. The third-order valence-electron chi connectivity index (χ3n) is 2.41. The fourth-order valence-electron chi connectivity index (χ4n) is 1.58. The zero-order chi connectivity index (χ0) is 11.0. The molecule has 1 aromatic heterocycles. The summed E-state index contributed by atoms with van der Waals surface area (Å²) < 4.78 is 2.88. The molecule has 1 heterocycles. The van der Waals surface area contributed by atoms with Crippen LogP contribution in [0, 0.1) is 0 Å². The number of imidazole rings is 1. The van der Waals surface area contributed by atoms with Gasteiger partial charge in [-0.2, -0.15) is 0 Å². The van der Waals surface area contributed by atoms with Gasteiger partial charge >= 0.3 is 0 Å². The molecule has 5 heteroatoms. The summed E-state index contributed by atoms with van der Waals surface area (Å²) in [6.45, 7) is -0.0647. The Labute approximate surface area is 95.8 Å². The first kappa shape index (κ1) is 10.6. The molecule has 15 heavy (non-hydrogen) atoms. The van der Waals surface area contributed by atoms with Gasteiger partial charge in [0, 0.05) is 11.5 Å². The molecule has 2 aromatic rings. The third-order valence-corrected chi connectivity index (χ3v) is 3.02. The van der Waals surface area contributed by atoms with Crippen molar-refractivity contribution in [2.24, 2.45) is 12.8 Å². The van der Waals surface area contributed by atoms with Crippen molar-refractivity contribution >= 4 is 27.0 Å². The zero-order valence-electron chi connectivity index (χ0n) is 8.31. The number of halogens is 1. The van der Waals surface area contributed by atoms with Crippen molar-refractivity contribution in [1.29, 1.82) is 0 Å². The lowest BCUT2D eigenvalue weighted by Crippen LogP contribution is -2.14. The van der Waals surface area contributed by atoms with E-state index in [1.807, 2.05) is 23.7 Å². The third kappa shape index (κ3) is 1.78. The van der Waals surface area contributed by atoms with Crippen molar-refractivity contribution in [1.82, 2.24) is 9.55 Å². The Kier molecular flexibility index (Phi) is 2.77. The highest BCUT2D eigenvalue weighted by Crippen LogP contribution is 2.26. The molecular weight excluding hydrogens is 258 g/mol. The number of hydrogen-bond donors (Lipinski definition) is 2. The number of aromatic nitrogens is 2. The summed E-state index contributed by atoms with van der Waals surface area (Å²) >= 11 is 3.48. The fraction of sp³-hybridized carbons (Fsp3) is 0.300. The predicted octanol–water partition coefficient (Wildman–Crippen LogP) is 1.33. The summed E-state index contributed by atoms with van der Waals surface area (Å²) in [6.07, 6.45) is 1.75. The Morgan fingerprint density at radius 1 is 1.60 bits per heavy atom. The Balaban J connectivity index is 2.63. The first-order valence-corrected chi connectivity index (χ1v) is 5.39. The van der Waals surface area contributed by atoms with Gasteiger partial charge in [-0.3, -0.25) is 0 Å². The van der Waals surface area contributed by atoms with Crippen molar-refractivity contribution in [2.45, 2.75) is 6.04 Å². The maximum Gasteiger partial charge on any atom is 0.0955 e. The van der Waals surface area contributed by atoms with Gasteiger partial charge in [-0.1, -0.05) is 0 Å². The maximum absolute atomic E-state index is 8.99. The van der Waals surface area contributed by atoms with Crippen LogP contribution in [0.4, 0.5) is 0 Å². The zero-order valence-corrected chi connectivity index (χ0v) is 9.90. The predicted molar refractivity (Wildman–Crippen MR) is 62.4 cm³/mol. The average molecular weight is 270 g/mol. The van der Waals surface area contributed by atoms with E-state index in [1.165, 1.54) is 0 Å². The van der Waals surface area contributed by atoms with E-state index in [9.17, 15) is 0 Å². The molecule has 4 nitrogen and oxygen atoms in total. The van der Waals surface area contributed by atoms with Gasteiger partial charge in [0.05, 0.1) is 30.0 Å². The van der Waals surface area contributed by atoms with Crippen molar-refractivity contribution < 1.29 is 5.11 Å². The van der Waals surface area contributed by atoms with Crippen LogP contribution in [0.25, 0.3) is 11.0 Å². The van der Waals surface area contributed by atoms with Gasteiger partial charge in [0.15, 0.2) is 0 Å². The second kappa shape index (κ2) is 3.92. The highest BCUT2D eigenvalue weighted by molar-refractivity contribution is 9.10. The van der Waals surface area contributed by atoms with Gasteiger partial charge in [0.2, 0.25) is 0 Å². The van der Waals surface area contributed by atoms with Crippen LogP contribution in [0.1, 0.15) is 11.6 Å².